The highest BCUT2D eigenvalue weighted by Gasteiger charge is 2.68. The van der Waals surface area contributed by atoms with Gasteiger partial charge >= 0.3 is 0 Å². The molecule has 0 amide bonds. The number of aliphatic hydroxyl groups is 2. The number of carbonyl (C=O) groups is 1. The summed E-state index contributed by atoms with van der Waals surface area (Å²) in [6.07, 6.45) is 11.4. The van der Waals surface area contributed by atoms with Crippen molar-refractivity contribution >= 4 is 5.78 Å². The van der Waals surface area contributed by atoms with E-state index in [1.54, 1.807) is 0 Å². The van der Waals surface area contributed by atoms with Gasteiger partial charge in [0.1, 0.15) is 0 Å². The lowest BCUT2D eigenvalue weighted by Gasteiger charge is -2.69. The Balaban J connectivity index is 1.63. The van der Waals surface area contributed by atoms with Crippen LogP contribution >= 0.6 is 0 Å². The Bertz CT molecular complexity index is 732. The highest BCUT2D eigenvalue weighted by molar-refractivity contribution is 5.88. The molecule has 182 valence electrons. The predicted molar refractivity (Wildman–Crippen MR) is 130 cm³/mol. The second-order valence-electron chi connectivity index (χ2n) is 12.9. The number of allylic oxidation sites excluding steroid dienone is 1. The molecule has 4 rings (SSSR count). The van der Waals surface area contributed by atoms with E-state index in [9.17, 15) is 15.0 Å². The number of ketones is 1. The molecule has 0 aromatic rings. The summed E-state index contributed by atoms with van der Waals surface area (Å²) in [5.41, 5.74) is 0.498. The van der Waals surface area contributed by atoms with Crippen LogP contribution in [0.25, 0.3) is 0 Å². The second kappa shape index (κ2) is 8.52. The summed E-state index contributed by atoms with van der Waals surface area (Å²) in [7, 11) is 0. The minimum atomic E-state index is -0.255. The van der Waals surface area contributed by atoms with E-state index in [1.807, 2.05) is 0 Å². The summed E-state index contributed by atoms with van der Waals surface area (Å²) in [6, 6.07) is 0. The van der Waals surface area contributed by atoms with Crippen LogP contribution in [-0.2, 0) is 4.79 Å². The molecule has 3 nitrogen and oxygen atoms in total. The number of hydrogen-bond acceptors (Lipinski definition) is 3. The minimum absolute atomic E-state index is 0.0179. The SMILES string of the molecule is C=CC(=O)CC[C@@H](C)C1CCC2C3C(CCC21C)C1(C)CC[C@@H](O)CC1(C)[C@@H](CC)[C@H]3O. The van der Waals surface area contributed by atoms with Crippen molar-refractivity contribution in [2.45, 2.75) is 111 Å². The van der Waals surface area contributed by atoms with E-state index in [0.717, 1.165) is 32.1 Å². The van der Waals surface area contributed by atoms with Gasteiger partial charge in [-0.05, 0) is 109 Å². The molecule has 0 spiro atoms. The van der Waals surface area contributed by atoms with Gasteiger partial charge in [-0.1, -0.05) is 47.6 Å². The number of carbonyl (C=O) groups excluding carboxylic acids is 1. The van der Waals surface area contributed by atoms with Crippen molar-refractivity contribution in [3.05, 3.63) is 12.7 Å². The first kappa shape index (κ1) is 24.5. The van der Waals surface area contributed by atoms with Crippen molar-refractivity contribution in [1.82, 2.24) is 0 Å². The highest BCUT2D eigenvalue weighted by Crippen LogP contribution is 2.72. The molecule has 2 N–H and O–H groups in total. The van der Waals surface area contributed by atoms with Gasteiger partial charge in [-0.25, -0.2) is 0 Å². The molecule has 3 heteroatoms. The van der Waals surface area contributed by atoms with Crippen molar-refractivity contribution in [2.75, 3.05) is 0 Å². The van der Waals surface area contributed by atoms with Crippen molar-refractivity contribution < 1.29 is 15.0 Å². The van der Waals surface area contributed by atoms with Crippen LogP contribution < -0.4 is 0 Å². The molecule has 0 radical (unpaired) electrons. The molecule has 4 aliphatic carbocycles. The molecular weight excluding hydrogens is 396 g/mol. The molecule has 0 saturated heterocycles. The lowest BCUT2D eigenvalue weighted by atomic mass is 9.36. The van der Waals surface area contributed by atoms with Gasteiger partial charge in [-0.3, -0.25) is 4.79 Å². The van der Waals surface area contributed by atoms with Crippen LogP contribution in [0.1, 0.15) is 98.8 Å². The molecule has 4 saturated carbocycles. The predicted octanol–water partition coefficient (Wildman–Crippen LogP) is 6.17. The van der Waals surface area contributed by atoms with E-state index in [1.165, 1.54) is 31.8 Å². The van der Waals surface area contributed by atoms with Crippen LogP contribution in [0.4, 0.5) is 0 Å². The fourth-order valence-electron chi connectivity index (χ4n) is 10.2. The molecule has 0 aliphatic heterocycles. The Kier molecular flexibility index (Phi) is 6.51. The standard InChI is InChI=1S/C29H48O3/c1-7-19(30)10-9-18(3)22-11-12-23-25-24(14-15-27(22,23)4)28(5)16-13-20(31)17-29(28,6)21(8-2)26(25)32/h7,18,20-26,31-32H,1,8-17H2,2-6H3/t18-,20-,21+,22?,23?,24?,25?,26-,27?,28?,29?/m1/s1. The Morgan fingerprint density at radius 3 is 2.44 bits per heavy atom. The topological polar surface area (TPSA) is 57.5 Å². The van der Waals surface area contributed by atoms with E-state index in [0.29, 0.717) is 36.0 Å². The average Bonchev–Trinajstić information content (AvgIpc) is 3.10. The van der Waals surface area contributed by atoms with Crippen LogP contribution in [0.2, 0.25) is 0 Å². The number of rotatable bonds is 6. The maximum atomic E-state index is 11.9. The summed E-state index contributed by atoms with van der Waals surface area (Å²) in [4.78, 5) is 11.8. The first-order valence-electron chi connectivity index (χ1n) is 13.5. The van der Waals surface area contributed by atoms with Crippen LogP contribution in [0, 0.1) is 51.8 Å². The Hall–Kier alpha value is -0.670. The van der Waals surface area contributed by atoms with Crippen LogP contribution in [0.5, 0.6) is 0 Å². The number of hydrogen-bond donors (Lipinski definition) is 2. The zero-order valence-corrected chi connectivity index (χ0v) is 21.3. The largest absolute Gasteiger partial charge is 0.393 e. The Morgan fingerprint density at radius 2 is 1.78 bits per heavy atom. The summed E-state index contributed by atoms with van der Waals surface area (Å²) in [5, 5.41) is 22.5. The number of fused-ring (bicyclic) bond motifs is 5. The van der Waals surface area contributed by atoms with Crippen molar-refractivity contribution in [3.8, 4) is 0 Å². The molecule has 32 heavy (non-hydrogen) atoms. The summed E-state index contributed by atoms with van der Waals surface area (Å²) < 4.78 is 0. The van der Waals surface area contributed by atoms with E-state index in [4.69, 9.17) is 0 Å². The number of aliphatic hydroxyl groups excluding tert-OH is 2. The first-order chi connectivity index (χ1) is 15.0. The smallest absolute Gasteiger partial charge is 0.155 e. The van der Waals surface area contributed by atoms with Gasteiger partial charge in [-0.2, -0.15) is 0 Å². The van der Waals surface area contributed by atoms with Crippen LogP contribution in [0.3, 0.4) is 0 Å². The van der Waals surface area contributed by atoms with Gasteiger partial charge in [0.2, 0.25) is 0 Å². The fourth-order valence-corrected chi connectivity index (χ4v) is 10.2. The molecule has 0 aromatic heterocycles. The maximum Gasteiger partial charge on any atom is 0.155 e. The minimum Gasteiger partial charge on any atom is -0.393 e. The van der Waals surface area contributed by atoms with E-state index in [2.05, 4.69) is 41.2 Å². The summed E-state index contributed by atoms with van der Waals surface area (Å²) >= 11 is 0. The lowest BCUT2D eigenvalue weighted by molar-refractivity contribution is -0.243. The first-order valence-corrected chi connectivity index (χ1v) is 13.5. The zero-order valence-electron chi connectivity index (χ0n) is 21.3. The van der Waals surface area contributed by atoms with Gasteiger partial charge in [0.05, 0.1) is 12.2 Å². The van der Waals surface area contributed by atoms with Gasteiger partial charge in [0, 0.05) is 6.42 Å². The third-order valence-electron chi connectivity index (χ3n) is 12.0. The van der Waals surface area contributed by atoms with Crippen LogP contribution in [0.15, 0.2) is 12.7 Å². The Labute approximate surface area is 196 Å². The Morgan fingerprint density at radius 1 is 1.06 bits per heavy atom. The molecule has 4 aliphatic rings. The van der Waals surface area contributed by atoms with Crippen LogP contribution in [-0.4, -0.2) is 28.2 Å². The zero-order chi connectivity index (χ0) is 23.5. The van der Waals surface area contributed by atoms with Gasteiger partial charge in [0.15, 0.2) is 5.78 Å². The van der Waals surface area contributed by atoms with Crippen molar-refractivity contribution in [1.29, 1.82) is 0 Å². The average molecular weight is 445 g/mol. The third kappa shape index (κ3) is 3.39. The summed E-state index contributed by atoms with van der Waals surface area (Å²) in [5.74, 6) is 3.16. The molecule has 0 bridgehead atoms. The second-order valence-corrected chi connectivity index (χ2v) is 12.9. The van der Waals surface area contributed by atoms with Gasteiger partial charge in [-0.15, -0.1) is 0 Å². The maximum absolute atomic E-state index is 11.9. The quantitative estimate of drug-likeness (QED) is 0.481. The van der Waals surface area contributed by atoms with Crippen molar-refractivity contribution in [2.24, 2.45) is 51.8 Å². The van der Waals surface area contributed by atoms with E-state index >= 15 is 0 Å². The fraction of sp³-hybridized carbons (Fsp3) is 0.897. The molecule has 0 heterocycles. The summed E-state index contributed by atoms with van der Waals surface area (Å²) in [6.45, 7) is 15.7. The monoisotopic (exact) mass is 444 g/mol. The molecule has 0 aromatic carbocycles. The van der Waals surface area contributed by atoms with Gasteiger partial charge in [0.25, 0.3) is 0 Å². The van der Waals surface area contributed by atoms with E-state index < -0.39 is 0 Å². The van der Waals surface area contributed by atoms with Crippen molar-refractivity contribution in [3.63, 3.8) is 0 Å². The molecule has 11 atom stereocenters. The third-order valence-corrected chi connectivity index (χ3v) is 12.0. The molecule has 4 fully saturated rings. The molecule has 7 unspecified atom stereocenters. The molecular formula is C29H48O3. The van der Waals surface area contributed by atoms with Gasteiger partial charge < -0.3 is 10.2 Å². The lowest BCUT2D eigenvalue weighted by Crippen LogP contribution is -2.66. The van der Waals surface area contributed by atoms with E-state index in [-0.39, 0.29) is 40.2 Å². The normalized spacial score (nSPS) is 51.3. The highest BCUT2D eigenvalue weighted by atomic mass is 16.3.